The van der Waals surface area contributed by atoms with Crippen LogP contribution in [0.15, 0.2) is 150 Å². The molecule has 9 rings (SSSR count). The second kappa shape index (κ2) is 10.2. The van der Waals surface area contributed by atoms with Crippen molar-refractivity contribution < 1.29 is 4.42 Å². The topological polar surface area (TPSA) is 64.7 Å². The molecule has 0 unspecified atom stereocenters. The van der Waals surface area contributed by atoms with Crippen molar-refractivity contribution in [2.75, 3.05) is 0 Å². The third-order valence-corrected chi connectivity index (χ3v) is 8.34. The molecule has 0 saturated heterocycles. The first kappa shape index (κ1) is 25.3. The molecule has 2 aromatic heterocycles. The summed E-state index contributed by atoms with van der Waals surface area (Å²) in [5.74, 6) is 2.56. The molecule has 0 amide bonds. The first-order valence-electron chi connectivity index (χ1n) is 14.9. The number of hydrogen-bond acceptors (Lipinski definition) is 5. The van der Waals surface area contributed by atoms with Crippen LogP contribution in [-0.4, -0.2) is 19.9 Å². The van der Waals surface area contributed by atoms with Gasteiger partial charge in [0.05, 0.1) is 0 Å². The Morgan fingerprint density at radius 2 is 0.844 bits per heavy atom. The van der Waals surface area contributed by atoms with Gasteiger partial charge in [0.15, 0.2) is 23.1 Å². The quantitative estimate of drug-likeness (QED) is 0.195. The van der Waals surface area contributed by atoms with Gasteiger partial charge < -0.3 is 4.42 Å². The molecule has 0 spiro atoms. The fraction of sp³-hybridized carbons (Fsp3) is 0. The molecule has 45 heavy (non-hydrogen) atoms. The monoisotopic (exact) mass is 576 g/mol. The number of nitrogens with zero attached hydrogens (tertiary/aromatic N) is 4. The average Bonchev–Trinajstić information content (AvgIpc) is 3.57. The van der Waals surface area contributed by atoms with E-state index in [4.69, 9.17) is 24.4 Å². The van der Waals surface area contributed by atoms with E-state index in [1.165, 1.54) is 0 Å². The Balaban J connectivity index is 1.22. The molecule has 5 nitrogen and oxygen atoms in total. The van der Waals surface area contributed by atoms with Crippen molar-refractivity contribution in [3.63, 3.8) is 0 Å². The van der Waals surface area contributed by atoms with Crippen LogP contribution in [-0.2, 0) is 0 Å². The van der Waals surface area contributed by atoms with E-state index >= 15 is 0 Å². The van der Waals surface area contributed by atoms with Gasteiger partial charge >= 0.3 is 0 Å². The van der Waals surface area contributed by atoms with Gasteiger partial charge in [-0.15, -0.1) is 0 Å². The van der Waals surface area contributed by atoms with Gasteiger partial charge in [0.25, 0.3) is 0 Å². The lowest BCUT2D eigenvalue weighted by Gasteiger charge is -2.11. The standard InChI is InChI=1S/C40H24N4O/c1-4-10-26(11-5-1)37-42-38(27-12-6-2-7-13-27)44-39(43-37)29-17-16-25-18-19-30-31-22-23-35-36(33(31)21-20-32(30)34(25)24-29)45-40(41-35)28-14-8-3-9-15-28/h1-24H. The predicted molar refractivity (Wildman–Crippen MR) is 182 cm³/mol. The summed E-state index contributed by atoms with van der Waals surface area (Å²) in [6, 6.07) is 49.5. The summed E-state index contributed by atoms with van der Waals surface area (Å²) >= 11 is 0. The largest absolute Gasteiger partial charge is 0.435 e. The van der Waals surface area contributed by atoms with Crippen molar-refractivity contribution in [3.05, 3.63) is 146 Å². The van der Waals surface area contributed by atoms with E-state index in [2.05, 4.69) is 54.6 Å². The molecular weight excluding hydrogens is 552 g/mol. The highest BCUT2D eigenvalue weighted by Crippen LogP contribution is 2.37. The molecule has 0 saturated carbocycles. The Morgan fingerprint density at radius 3 is 1.51 bits per heavy atom. The molecular formula is C40H24N4O. The molecule has 0 aliphatic rings. The molecule has 210 valence electrons. The van der Waals surface area contributed by atoms with Crippen molar-refractivity contribution >= 4 is 43.4 Å². The van der Waals surface area contributed by atoms with Gasteiger partial charge in [0.1, 0.15) is 5.52 Å². The Kier molecular flexibility index (Phi) is 5.74. The number of aromatic nitrogens is 4. The average molecular weight is 577 g/mol. The van der Waals surface area contributed by atoms with Gasteiger partial charge in [-0.1, -0.05) is 115 Å². The van der Waals surface area contributed by atoms with Gasteiger partial charge in [-0.2, -0.15) is 0 Å². The molecule has 2 heterocycles. The first-order chi connectivity index (χ1) is 22.3. The van der Waals surface area contributed by atoms with Crippen LogP contribution < -0.4 is 0 Å². The minimum atomic E-state index is 0.628. The van der Waals surface area contributed by atoms with Gasteiger partial charge in [-0.3, -0.25) is 0 Å². The Bertz CT molecular complexity index is 2470. The van der Waals surface area contributed by atoms with Crippen molar-refractivity contribution in [2.24, 2.45) is 0 Å². The lowest BCUT2D eigenvalue weighted by molar-refractivity contribution is 0.623. The Labute approximate surface area is 258 Å². The summed E-state index contributed by atoms with van der Waals surface area (Å²) in [6.07, 6.45) is 0. The van der Waals surface area contributed by atoms with Crippen molar-refractivity contribution in [1.82, 2.24) is 19.9 Å². The second-order valence-corrected chi connectivity index (χ2v) is 11.1. The minimum absolute atomic E-state index is 0.628. The number of benzene rings is 7. The van der Waals surface area contributed by atoms with Crippen molar-refractivity contribution in [3.8, 4) is 45.6 Å². The van der Waals surface area contributed by atoms with Crippen LogP contribution in [0.2, 0.25) is 0 Å². The van der Waals surface area contributed by atoms with Crippen LogP contribution in [0, 0.1) is 0 Å². The van der Waals surface area contributed by atoms with Crippen LogP contribution in [0.1, 0.15) is 0 Å². The lowest BCUT2D eigenvalue weighted by Crippen LogP contribution is -2.00. The molecule has 0 atom stereocenters. The van der Waals surface area contributed by atoms with Crippen molar-refractivity contribution in [2.45, 2.75) is 0 Å². The van der Waals surface area contributed by atoms with E-state index in [0.717, 1.165) is 65.7 Å². The smallest absolute Gasteiger partial charge is 0.227 e. The summed E-state index contributed by atoms with van der Waals surface area (Å²) in [6.45, 7) is 0. The van der Waals surface area contributed by atoms with Gasteiger partial charge in [-0.25, -0.2) is 19.9 Å². The number of oxazole rings is 1. The van der Waals surface area contributed by atoms with E-state index in [0.29, 0.717) is 23.4 Å². The second-order valence-electron chi connectivity index (χ2n) is 11.1. The minimum Gasteiger partial charge on any atom is -0.435 e. The molecule has 0 N–H and O–H groups in total. The van der Waals surface area contributed by atoms with Crippen LogP contribution in [0.5, 0.6) is 0 Å². The van der Waals surface area contributed by atoms with E-state index in [1.54, 1.807) is 0 Å². The summed E-state index contributed by atoms with van der Waals surface area (Å²) in [4.78, 5) is 19.5. The van der Waals surface area contributed by atoms with Gasteiger partial charge in [-0.05, 0) is 57.3 Å². The fourth-order valence-electron chi connectivity index (χ4n) is 6.12. The van der Waals surface area contributed by atoms with Gasteiger partial charge in [0, 0.05) is 27.6 Å². The van der Waals surface area contributed by atoms with Crippen LogP contribution in [0.4, 0.5) is 0 Å². The fourth-order valence-corrected chi connectivity index (χ4v) is 6.12. The third kappa shape index (κ3) is 4.33. The highest BCUT2D eigenvalue weighted by atomic mass is 16.3. The molecule has 7 aromatic carbocycles. The predicted octanol–water partition coefficient (Wildman–Crippen LogP) is 10.1. The molecule has 0 aliphatic carbocycles. The number of hydrogen-bond donors (Lipinski definition) is 0. The molecule has 0 radical (unpaired) electrons. The van der Waals surface area contributed by atoms with Crippen LogP contribution in [0.25, 0.3) is 89.0 Å². The molecule has 0 fully saturated rings. The SMILES string of the molecule is c1ccc(-c2nc(-c3ccccc3)nc(-c3ccc4ccc5c(ccc6c5ccc5nc(-c7ccccc7)oc56)c4c3)n2)cc1. The summed E-state index contributed by atoms with van der Waals surface area (Å²) < 4.78 is 6.34. The lowest BCUT2D eigenvalue weighted by atomic mass is 9.95. The zero-order valence-electron chi connectivity index (χ0n) is 24.1. The molecule has 5 heteroatoms. The Hall–Kier alpha value is -6.20. The number of rotatable bonds is 4. The van der Waals surface area contributed by atoms with E-state index in [9.17, 15) is 0 Å². The van der Waals surface area contributed by atoms with Crippen LogP contribution in [0.3, 0.4) is 0 Å². The Morgan fingerprint density at radius 1 is 0.356 bits per heavy atom. The zero-order valence-corrected chi connectivity index (χ0v) is 24.1. The summed E-state index contributed by atoms with van der Waals surface area (Å²) in [5, 5.41) is 6.77. The molecule has 9 aromatic rings. The van der Waals surface area contributed by atoms with Crippen LogP contribution >= 0.6 is 0 Å². The van der Waals surface area contributed by atoms with E-state index in [-0.39, 0.29) is 0 Å². The highest BCUT2D eigenvalue weighted by molar-refractivity contribution is 6.21. The summed E-state index contributed by atoms with van der Waals surface area (Å²) in [5.41, 5.74) is 5.45. The maximum absolute atomic E-state index is 6.34. The van der Waals surface area contributed by atoms with E-state index in [1.807, 2.05) is 91.0 Å². The third-order valence-electron chi connectivity index (χ3n) is 8.34. The highest BCUT2D eigenvalue weighted by Gasteiger charge is 2.16. The van der Waals surface area contributed by atoms with Crippen molar-refractivity contribution in [1.29, 1.82) is 0 Å². The zero-order chi connectivity index (χ0) is 29.7. The maximum atomic E-state index is 6.34. The molecule has 0 bridgehead atoms. The normalized spacial score (nSPS) is 11.6. The first-order valence-corrected chi connectivity index (χ1v) is 14.9. The molecule has 0 aliphatic heterocycles. The summed E-state index contributed by atoms with van der Waals surface area (Å²) in [7, 11) is 0. The van der Waals surface area contributed by atoms with E-state index < -0.39 is 0 Å². The van der Waals surface area contributed by atoms with Gasteiger partial charge in [0.2, 0.25) is 5.89 Å². The maximum Gasteiger partial charge on any atom is 0.227 e. The number of fused-ring (bicyclic) bond motifs is 7.